The van der Waals surface area contributed by atoms with E-state index in [1.807, 2.05) is 0 Å². The maximum atomic E-state index is 12.6. The second kappa shape index (κ2) is 6.70. The summed E-state index contributed by atoms with van der Waals surface area (Å²) in [6.45, 7) is 3.53. The Morgan fingerprint density at radius 1 is 1.42 bits per heavy atom. The van der Waals surface area contributed by atoms with E-state index in [9.17, 15) is 22.8 Å². The van der Waals surface area contributed by atoms with Crippen LogP contribution in [0, 0.1) is 0 Å². The van der Waals surface area contributed by atoms with Crippen LogP contribution >= 0.6 is 23.8 Å². The molecule has 0 unspecified atom stereocenters. The van der Waals surface area contributed by atoms with Crippen molar-refractivity contribution in [2.24, 2.45) is 0 Å². The van der Waals surface area contributed by atoms with Crippen molar-refractivity contribution >= 4 is 46.8 Å². The fraction of sp³-hybridized carbons (Fsp3) is 0.143. The lowest BCUT2D eigenvalue weighted by atomic mass is 10.1. The molecule has 0 radical (unpaired) electrons. The van der Waals surface area contributed by atoms with E-state index in [1.54, 1.807) is 0 Å². The van der Waals surface area contributed by atoms with Crippen LogP contribution in [-0.4, -0.2) is 33.4 Å². The van der Waals surface area contributed by atoms with Crippen molar-refractivity contribution in [3.05, 3.63) is 46.8 Å². The normalized spacial score (nSPS) is 17.2. The van der Waals surface area contributed by atoms with Crippen LogP contribution in [0.25, 0.3) is 6.08 Å². The van der Waals surface area contributed by atoms with Crippen LogP contribution in [0.15, 0.2) is 30.5 Å². The molecule has 2 heterocycles. The molecule has 2 amide bonds. The predicted octanol–water partition coefficient (Wildman–Crippen LogP) is 2.57. The SMILES string of the molecule is C=CCN1C(=O)/C(=C/c2ncc(C(F)(F)F)cc2Cl)C(=O)NC1=S. The number of thiocarbonyl (C=S) groups is 1. The lowest BCUT2D eigenvalue weighted by molar-refractivity contribution is -0.138. The van der Waals surface area contributed by atoms with Crippen molar-refractivity contribution in [2.75, 3.05) is 6.54 Å². The number of alkyl halides is 3. The summed E-state index contributed by atoms with van der Waals surface area (Å²) in [5, 5.41) is 1.87. The molecule has 0 saturated carbocycles. The molecule has 2 rings (SSSR count). The Morgan fingerprint density at radius 2 is 2.08 bits per heavy atom. The van der Waals surface area contributed by atoms with Crippen LogP contribution in [0.1, 0.15) is 11.3 Å². The largest absolute Gasteiger partial charge is 0.417 e. The monoisotopic (exact) mass is 375 g/mol. The van der Waals surface area contributed by atoms with Gasteiger partial charge in [0.2, 0.25) is 0 Å². The number of nitrogens with zero attached hydrogens (tertiary/aromatic N) is 2. The van der Waals surface area contributed by atoms with Gasteiger partial charge >= 0.3 is 6.18 Å². The molecule has 0 spiro atoms. The summed E-state index contributed by atoms with van der Waals surface area (Å²) in [6.07, 6.45) is -1.62. The highest BCUT2D eigenvalue weighted by Gasteiger charge is 2.34. The van der Waals surface area contributed by atoms with Gasteiger partial charge in [-0.2, -0.15) is 13.2 Å². The van der Waals surface area contributed by atoms with Crippen LogP contribution in [0.4, 0.5) is 13.2 Å². The molecule has 5 nitrogen and oxygen atoms in total. The molecule has 1 aliphatic rings. The number of pyridine rings is 1. The number of amides is 2. The molecule has 0 bridgehead atoms. The fourth-order valence-electron chi connectivity index (χ4n) is 1.84. The first kappa shape index (κ1) is 18.1. The Labute approximate surface area is 144 Å². The highest BCUT2D eigenvalue weighted by molar-refractivity contribution is 7.80. The number of carbonyl (C=O) groups is 2. The quantitative estimate of drug-likeness (QED) is 0.382. The fourth-order valence-corrected chi connectivity index (χ4v) is 2.31. The van der Waals surface area contributed by atoms with Crippen molar-refractivity contribution in [3.8, 4) is 0 Å². The minimum absolute atomic E-state index is 0.0590. The van der Waals surface area contributed by atoms with Crippen molar-refractivity contribution in [2.45, 2.75) is 6.18 Å². The zero-order valence-electron chi connectivity index (χ0n) is 11.9. The lowest BCUT2D eigenvalue weighted by Crippen LogP contribution is -2.53. The Hall–Kier alpha value is -2.26. The van der Waals surface area contributed by atoms with Crippen LogP contribution in [0.5, 0.6) is 0 Å². The molecule has 10 heteroatoms. The van der Waals surface area contributed by atoms with Crippen LogP contribution in [-0.2, 0) is 15.8 Å². The molecule has 126 valence electrons. The van der Waals surface area contributed by atoms with Gasteiger partial charge in [-0.1, -0.05) is 17.7 Å². The number of hydrogen-bond acceptors (Lipinski definition) is 4. The van der Waals surface area contributed by atoms with Gasteiger partial charge < -0.3 is 0 Å². The number of nitrogens with one attached hydrogen (secondary N) is 1. The van der Waals surface area contributed by atoms with Crippen molar-refractivity contribution in [1.82, 2.24) is 15.2 Å². The molecule has 0 aliphatic carbocycles. The van der Waals surface area contributed by atoms with Crippen LogP contribution in [0.2, 0.25) is 5.02 Å². The van der Waals surface area contributed by atoms with Gasteiger partial charge in [0.25, 0.3) is 11.8 Å². The van der Waals surface area contributed by atoms with Gasteiger partial charge in [0.1, 0.15) is 5.57 Å². The first-order valence-electron chi connectivity index (χ1n) is 6.37. The third-order valence-electron chi connectivity index (χ3n) is 2.98. The van der Waals surface area contributed by atoms with E-state index in [0.29, 0.717) is 12.3 Å². The topological polar surface area (TPSA) is 62.3 Å². The van der Waals surface area contributed by atoms with E-state index < -0.39 is 23.6 Å². The van der Waals surface area contributed by atoms with E-state index in [-0.39, 0.29) is 27.9 Å². The third kappa shape index (κ3) is 3.62. The summed E-state index contributed by atoms with van der Waals surface area (Å²) in [5.74, 6) is -1.51. The van der Waals surface area contributed by atoms with Gasteiger partial charge in [-0.25, -0.2) is 0 Å². The second-order valence-corrected chi connectivity index (χ2v) is 5.40. The zero-order valence-corrected chi connectivity index (χ0v) is 13.4. The maximum absolute atomic E-state index is 12.6. The van der Waals surface area contributed by atoms with Gasteiger partial charge in [-0.15, -0.1) is 6.58 Å². The van der Waals surface area contributed by atoms with Gasteiger partial charge in [0.05, 0.1) is 16.3 Å². The molecule has 1 fully saturated rings. The van der Waals surface area contributed by atoms with Crippen molar-refractivity contribution < 1.29 is 22.8 Å². The summed E-state index contributed by atoms with van der Waals surface area (Å²) >= 11 is 10.7. The highest BCUT2D eigenvalue weighted by Crippen LogP contribution is 2.31. The molecule has 24 heavy (non-hydrogen) atoms. The van der Waals surface area contributed by atoms with Gasteiger partial charge in [0, 0.05) is 12.7 Å². The lowest BCUT2D eigenvalue weighted by Gasteiger charge is -2.27. The van der Waals surface area contributed by atoms with E-state index in [1.165, 1.54) is 6.08 Å². The van der Waals surface area contributed by atoms with E-state index in [4.69, 9.17) is 23.8 Å². The predicted molar refractivity (Wildman–Crippen MR) is 84.9 cm³/mol. The number of halogens is 4. The molecule has 1 aromatic heterocycles. The Kier molecular flexibility index (Phi) is 5.05. The first-order valence-corrected chi connectivity index (χ1v) is 7.16. The van der Waals surface area contributed by atoms with Gasteiger partial charge in [0.15, 0.2) is 5.11 Å². The van der Waals surface area contributed by atoms with Crippen LogP contribution in [0.3, 0.4) is 0 Å². The van der Waals surface area contributed by atoms with Gasteiger partial charge in [-0.05, 0) is 24.4 Å². The molecule has 0 atom stereocenters. The summed E-state index contributed by atoms with van der Waals surface area (Å²) in [6, 6.07) is 0.665. The Morgan fingerprint density at radius 3 is 2.62 bits per heavy atom. The van der Waals surface area contributed by atoms with Crippen LogP contribution < -0.4 is 5.32 Å². The number of rotatable bonds is 3. The first-order chi connectivity index (χ1) is 11.1. The molecular weight excluding hydrogens is 367 g/mol. The molecule has 1 aromatic rings. The number of hydrogen-bond donors (Lipinski definition) is 1. The molecule has 1 saturated heterocycles. The van der Waals surface area contributed by atoms with E-state index in [2.05, 4.69) is 16.9 Å². The summed E-state index contributed by atoms with van der Waals surface area (Å²) in [7, 11) is 0. The average molecular weight is 376 g/mol. The minimum Gasteiger partial charge on any atom is -0.298 e. The van der Waals surface area contributed by atoms with E-state index >= 15 is 0 Å². The zero-order chi connectivity index (χ0) is 18.1. The summed E-state index contributed by atoms with van der Waals surface area (Å²) in [5.41, 5.74) is -1.53. The summed E-state index contributed by atoms with van der Waals surface area (Å²) in [4.78, 5) is 28.8. The maximum Gasteiger partial charge on any atom is 0.417 e. The molecule has 0 aromatic carbocycles. The standard InChI is InChI=1S/C14H9ClF3N3O2S/c1-2-3-21-12(23)8(11(22)20-13(21)24)5-10-9(15)4-7(6-19-10)14(16,17)18/h2,4-6H,1,3H2,(H,20,22,24)/b8-5+. The smallest absolute Gasteiger partial charge is 0.298 e. The van der Waals surface area contributed by atoms with E-state index in [0.717, 1.165) is 11.0 Å². The van der Waals surface area contributed by atoms with Crippen molar-refractivity contribution in [1.29, 1.82) is 0 Å². The number of carbonyl (C=O) groups excluding carboxylic acids is 2. The highest BCUT2D eigenvalue weighted by atomic mass is 35.5. The third-order valence-corrected chi connectivity index (χ3v) is 3.60. The van der Waals surface area contributed by atoms with Crippen molar-refractivity contribution in [3.63, 3.8) is 0 Å². The van der Waals surface area contributed by atoms with Gasteiger partial charge in [-0.3, -0.25) is 24.8 Å². The molecule has 1 N–H and O–H groups in total. The Bertz CT molecular complexity index is 777. The number of aromatic nitrogens is 1. The molecule has 1 aliphatic heterocycles. The minimum atomic E-state index is -4.60. The second-order valence-electron chi connectivity index (χ2n) is 4.61. The molecular formula is C14H9ClF3N3O2S. The Balaban J connectivity index is 2.42. The average Bonchev–Trinajstić information content (AvgIpc) is 2.48. The summed E-state index contributed by atoms with van der Waals surface area (Å²) < 4.78 is 37.8.